The fourth-order valence-corrected chi connectivity index (χ4v) is 3.56. The van der Waals surface area contributed by atoms with Crippen LogP contribution in [0.25, 0.3) is 0 Å². The molecule has 0 bridgehead atoms. The zero-order valence-corrected chi connectivity index (χ0v) is 17.0. The fraction of sp³-hybridized carbons (Fsp3) is 0.143. The molecular weight excluding hydrogens is 396 g/mol. The van der Waals surface area contributed by atoms with Gasteiger partial charge in [-0.05, 0) is 60.5 Å². The smallest absolute Gasteiger partial charge is 0.258 e. The number of pyridine rings is 1. The van der Waals surface area contributed by atoms with Crippen LogP contribution < -0.4 is 4.90 Å². The summed E-state index contributed by atoms with van der Waals surface area (Å²) in [4.78, 5) is 19.2. The molecule has 0 aliphatic carbocycles. The van der Waals surface area contributed by atoms with Crippen LogP contribution >= 0.6 is 11.6 Å². The summed E-state index contributed by atoms with van der Waals surface area (Å²) in [5.41, 5.74) is 2.54. The van der Waals surface area contributed by atoms with E-state index < -0.39 is 9.84 Å². The van der Waals surface area contributed by atoms with Gasteiger partial charge >= 0.3 is 0 Å². The van der Waals surface area contributed by atoms with Crippen molar-refractivity contribution < 1.29 is 13.2 Å². The number of carbonyl (C=O) groups is 1. The molecule has 3 rings (SSSR count). The molecule has 0 fully saturated rings. The van der Waals surface area contributed by atoms with E-state index in [0.29, 0.717) is 21.8 Å². The Bertz CT molecular complexity index is 1100. The predicted octanol–water partition coefficient (Wildman–Crippen LogP) is 4.29. The van der Waals surface area contributed by atoms with E-state index in [1.165, 1.54) is 12.1 Å². The number of halogens is 1. The molecule has 0 aliphatic rings. The number of hydrogen-bond donors (Lipinski definition) is 0. The van der Waals surface area contributed by atoms with E-state index in [0.717, 1.165) is 11.8 Å². The summed E-state index contributed by atoms with van der Waals surface area (Å²) in [5.74, 6) is -0.297. The number of aromatic nitrogens is 1. The molecule has 3 aromatic rings. The van der Waals surface area contributed by atoms with Gasteiger partial charge < -0.3 is 4.90 Å². The predicted molar refractivity (Wildman–Crippen MR) is 110 cm³/mol. The van der Waals surface area contributed by atoms with Gasteiger partial charge in [-0.1, -0.05) is 23.7 Å². The van der Waals surface area contributed by atoms with Crippen molar-refractivity contribution in [3.63, 3.8) is 0 Å². The number of aryl methyl sites for hydroxylation is 1. The van der Waals surface area contributed by atoms with Gasteiger partial charge in [0, 0.05) is 34.9 Å². The van der Waals surface area contributed by atoms with Crippen LogP contribution in [0.4, 0.5) is 5.69 Å². The summed E-state index contributed by atoms with van der Waals surface area (Å²) < 4.78 is 23.9. The van der Waals surface area contributed by atoms with E-state index in [1.807, 2.05) is 6.07 Å². The first-order valence-electron chi connectivity index (χ1n) is 8.53. The van der Waals surface area contributed by atoms with Crippen molar-refractivity contribution >= 4 is 33.0 Å². The van der Waals surface area contributed by atoms with Crippen LogP contribution in [-0.4, -0.2) is 25.6 Å². The highest BCUT2D eigenvalue weighted by atomic mass is 35.5. The van der Waals surface area contributed by atoms with Gasteiger partial charge in [-0.15, -0.1) is 0 Å². The highest BCUT2D eigenvalue weighted by Gasteiger charge is 2.22. The van der Waals surface area contributed by atoms with Gasteiger partial charge in [-0.2, -0.15) is 0 Å². The molecule has 0 unspecified atom stereocenters. The molecule has 0 atom stereocenters. The number of amides is 1. The lowest BCUT2D eigenvalue weighted by Crippen LogP contribution is -2.31. The third kappa shape index (κ3) is 4.58. The molecule has 1 heterocycles. The number of carbonyl (C=O) groups excluding carboxylic acids is 1. The van der Waals surface area contributed by atoms with Crippen molar-refractivity contribution in [3.05, 3.63) is 88.7 Å². The number of hydrogen-bond acceptors (Lipinski definition) is 4. The molecule has 2 aromatic carbocycles. The van der Waals surface area contributed by atoms with Crippen LogP contribution in [0.15, 0.2) is 71.9 Å². The van der Waals surface area contributed by atoms with E-state index in [9.17, 15) is 13.2 Å². The number of rotatable bonds is 5. The summed E-state index contributed by atoms with van der Waals surface area (Å²) in [6.45, 7) is 2.07. The van der Waals surface area contributed by atoms with E-state index in [1.54, 1.807) is 60.6 Å². The monoisotopic (exact) mass is 414 g/mol. The lowest BCUT2D eigenvalue weighted by Gasteiger charge is -2.24. The summed E-state index contributed by atoms with van der Waals surface area (Å²) in [5, 5.41) is 0.563. The molecule has 0 aliphatic heterocycles. The molecule has 7 heteroatoms. The quantitative estimate of drug-likeness (QED) is 0.624. The molecule has 28 heavy (non-hydrogen) atoms. The third-order valence-corrected chi connectivity index (χ3v) is 5.68. The van der Waals surface area contributed by atoms with Crippen LogP contribution in [0.2, 0.25) is 5.02 Å². The Morgan fingerprint density at radius 2 is 1.82 bits per heavy atom. The molecule has 0 radical (unpaired) electrons. The van der Waals surface area contributed by atoms with Crippen molar-refractivity contribution in [2.45, 2.75) is 18.4 Å². The molecular formula is C21H19ClN2O3S. The van der Waals surface area contributed by atoms with Crippen molar-refractivity contribution in [2.24, 2.45) is 0 Å². The zero-order chi connectivity index (χ0) is 20.3. The van der Waals surface area contributed by atoms with Crippen molar-refractivity contribution in [1.82, 2.24) is 4.98 Å². The fourth-order valence-electron chi connectivity index (χ4n) is 2.78. The van der Waals surface area contributed by atoms with E-state index in [2.05, 4.69) is 4.98 Å². The molecule has 0 saturated carbocycles. The van der Waals surface area contributed by atoms with Gasteiger partial charge in [0.15, 0.2) is 9.84 Å². The number of anilines is 1. The second kappa shape index (κ2) is 8.12. The Balaban J connectivity index is 2.07. The third-order valence-electron chi connectivity index (χ3n) is 4.31. The first-order chi connectivity index (χ1) is 13.3. The van der Waals surface area contributed by atoms with Gasteiger partial charge in [0.1, 0.15) is 0 Å². The van der Waals surface area contributed by atoms with Crippen LogP contribution in [0.3, 0.4) is 0 Å². The van der Waals surface area contributed by atoms with E-state index in [4.69, 9.17) is 11.6 Å². The summed E-state index contributed by atoms with van der Waals surface area (Å²) >= 11 is 5.99. The Kier molecular flexibility index (Phi) is 5.82. The average Bonchev–Trinajstić information content (AvgIpc) is 2.67. The van der Waals surface area contributed by atoms with E-state index >= 15 is 0 Å². The molecule has 0 spiro atoms. The maximum Gasteiger partial charge on any atom is 0.258 e. The number of sulfone groups is 1. The van der Waals surface area contributed by atoms with Gasteiger partial charge in [-0.25, -0.2) is 8.42 Å². The molecule has 0 saturated heterocycles. The van der Waals surface area contributed by atoms with Crippen molar-refractivity contribution in [1.29, 1.82) is 0 Å². The number of nitrogens with zero attached hydrogens (tertiary/aromatic N) is 2. The first kappa shape index (κ1) is 20.0. The largest absolute Gasteiger partial charge is 0.304 e. The van der Waals surface area contributed by atoms with Crippen LogP contribution in [0, 0.1) is 6.92 Å². The maximum absolute atomic E-state index is 13.4. The van der Waals surface area contributed by atoms with Crippen LogP contribution in [-0.2, 0) is 16.4 Å². The summed E-state index contributed by atoms with van der Waals surface area (Å²) in [7, 11) is -3.43. The lowest BCUT2D eigenvalue weighted by atomic mass is 10.1. The molecule has 5 nitrogen and oxygen atoms in total. The van der Waals surface area contributed by atoms with Gasteiger partial charge in [0.05, 0.1) is 11.4 Å². The molecule has 1 amide bonds. The minimum absolute atomic E-state index is 0.110. The van der Waals surface area contributed by atoms with Gasteiger partial charge in [-0.3, -0.25) is 9.78 Å². The first-order valence-corrected chi connectivity index (χ1v) is 10.8. The Hall–Kier alpha value is -2.70. The zero-order valence-electron chi connectivity index (χ0n) is 15.5. The maximum atomic E-state index is 13.4. The van der Waals surface area contributed by atoms with Crippen molar-refractivity contribution in [3.8, 4) is 0 Å². The normalized spacial score (nSPS) is 11.2. The van der Waals surface area contributed by atoms with Crippen molar-refractivity contribution in [2.75, 3.05) is 11.2 Å². The Morgan fingerprint density at radius 1 is 1.11 bits per heavy atom. The van der Waals surface area contributed by atoms with Crippen LogP contribution in [0.1, 0.15) is 21.5 Å². The standard InChI is InChI=1S/C21H19ClN2O3S/c1-15-5-10-19(28(2,26)27)12-20(15)21(25)24(14-16-4-3-11-23-13-16)18-8-6-17(22)7-9-18/h3-13H,14H2,1-2H3. The molecule has 1 aromatic heterocycles. The van der Waals surface area contributed by atoms with Crippen LogP contribution in [0.5, 0.6) is 0 Å². The Labute approximate surface area is 169 Å². The molecule has 0 N–H and O–H groups in total. The minimum Gasteiger partial charge on any atom is -0.304 e. The number of benzene rings is 2. The average molecular weight is 415 g/mol. The highest BCUT2D eigenvalue weighted by molar-refractivity contribution is 7.90. The minimum atomic E-state index is -3.43. The second-order valence-corrected chi connectivity index (χ2v) is 8.93. The highest BCUT2D eigenvalue weighted by Crippen LogP contribution is 2.25. The second-order valence-electron chi connectivity index (χ2n) is 6.48. The summed E-state index contributed by atoms with van der Waals surface area (Å²) in [6, 6.07) is 15.2. The SMILES string of the molecule is Cc1ccc(S(C)(=O)=O)cc1C(=O)N(Cc1cccnc1)c1ccc(Cl)cc1. The lowest BCUT2D eigenvalue weighted by molar-refractivity contribution is 0.0984. The van der Waals surface area contributed by atoms with E-state index in [-0.39, 0.29) is 17.3 Å². The van der Waals surface area contributed by atoms with Gasteiger partial charge in [0.25, 0.3) is 5.91 Å². The Morgan fingerprint density at radius 3 is 2.43 bits per heavy atom. The summed E-state index contributed by atoms with van der Waals surface area (Å²) in [6.07, 6.45) is 4.48. The molecule has 144 valence electrons. The topological polar surface area (TPSA) is 67.3 Å². The van der Waals surface area contributed by atoms with Gasteiger partial charge in [0.2, 0.25) is 0 Å².